The zero-order valence-corrected chi connectivity index (χ0v) is 7.68. The van der Waals surface area contributed by atoms with Crippen molar-refractivity contribution in [2.75, 3.05) is 26.3 Å². The highest BCUT2D eigenvalue weighted by molar-refractivity contribution is 5.26. The van der Waals surface area contributed by atoms with Crippen molar-refractivity contribution in [3.63, 3.8) is 0 Å². The van der Waals surface area contributed by atoms with Crippen LogP contribution in [0.4, 0.5) is 0 Å². The molecule has 6 nitrogen and oxygen atoms in total. The van der Waals surface area contributed by atoms with Crippen LogP contribution in [0, 0.1) is 11.3 Å². The van der Waals surface area contributed by atoms with Crippen LogP contribution in [-0.4, -0.2) is 47.3 Å². The molecule has 14 heavy (non-hydrogen) atoms. The fourth-order valence-electron chi connectivity index (χ4n) is 1.10. The van der Waals surface area contributed by atoms with Crippen molar-refractivity contribution in [1.82, 2.24) is 4.90 Å². The summed E-state index contributed by atoms with van der Waals surface area (Å²) >= 11 is 0. The smallest absolute Gasteiger partial charge is 0.259 e. The summed E-state index contributed by atoms with van der Waals surface area (Å²) in [6.07, 6.45) is 1.35. The molecule has 1 aliphatic heterocycles. The lowest BCUT2D eigenvalue weighted by Gasteiger charge is -2.26. The molecule has 6 heteroatoms. The quantitative estimate of drug-likeness (QED) is 0.363. The van der Waals surface area contributed by atoms with E-state index in [1.165, 1.54) is 6.20 Å². The summed E-state index contributed by atoms with van der Waals surface area (Å²) in [4.78, 5) is 1.76. The van der Waals surface area contributed by atoms with Crippen molar-refractivity contribution in [3.8, 4) is 6.07 Å². The average molecular weight is 199 g/mol. The molecule has 0 atom stereocenters. The number of nitrogens with two attached hydrogens (primary N) is 1. The van der Waals surface area contributed by atoms with E-state index >= 15 is 0 Å². The van der Waals surface area contributed by atoms with Crippen LogP contribution in [0.15, 0.2) is 11.8 Å². The molecule has 4 N–H and O–H groups in total. The average Bonchev–Trinajstić information content (AvgIpc) is 2.14. The predicted molar refractivity (Wildman–Crippen MR) is 47.4 cm³/mol. The van der Waals surface area contributed by atoms with Crippen molar-refractivity contribution >= 4 is 0 Å². The summed E-state index contributed by atoms with van der Waals surface area (Å²) < 4.78 is 5.09. The molecule has 1 fully saturated rings. The highest BCUT2D eigenvalue weighted by Crippen LogP contribution is 2.08. The Hall–Kier alpha value is -1.13. The highest BCUT2D eigenvalue weighted by Gasteiger charge is 2.24. The number of aliphatic hydroxyl groups is 2. The van der Waals surface area contributed by atoms with Gasteiger partial charge in [-0.3, -0.25) is 5.73 Å². The molecule has 0 spiro atoms. The molecule has 1 saturated heterocycles. The van der Waals surface area contributed by atoms with Gasteiger partial charge < -0.3 is 19.8 Å². The first kappa shape index (κ1) is 10.9. The maximum Gasteiger partial charge on any atom is 0.259 e. The number of morpholine rings is 1. The second kappa shape index (κ2) is 4.39. The standard InChI is InChI=1S/C8H13N3O3/c9-5-7(8(10,12)13)6-11-1-3-14-4-2-11/h6,12-13H,1-4,10H2/b7-6-. The number of rotatable bonds is 2. The number of hydrogen-bond acceptors (Lipinski definition) is 6. The molecule has 0 bridgehead atoms. The van der Waals surface area contributed by atoms with Crippen LogP contribution < -0.4 is 5.73 Å². The van der Waals surface area contributed by atoms with Gasteiger partial charge in [-0.25, -0.2) is 0 Å². The summed E-state index contributed by atoms with van der Waals surface area (Å²) in [6, 6.07) is 1.64. The van der Waals surface area contributed by atoms with Crippen molar-refractivity contribution in [2.45, 2.75) is 5.91 Å². The van der Waals surface area contributed by atoms with Gasteiger partial charge in [0.2, 0.25) is 0 Å². The number of hydrogen-bond donors (Lipinski definition) is 3. The monoisotopic (exact) mass is 199 g/mol. The molecular weight excluding hydrogens is 186 g/mol. The van der Waals surface area contributed by atoms with Crippen LogP contribution in [0.25, 0.3) is 0 Å². The minimum Gasteiger partial charge on any atom is -0.378 e. The van der Waals surface area contributed by atoms with Crippen LogP contribution >= 0.6 is 0 Å². The van der Waals surface area contributed by atoms with Gasteiger partial charge in [-0.15, -0.1) is 0 Å². The Bertz CT molecular complexity index is 258. The zero-order chi connectivity index (χ0) is 10.6. The normalized spacial score (nSPS) is 19.3. The van der Waals surface area contributed by atoms with Crippen LogP contribution in [0.2, 0.25) is 0 Å². The Morgan fingerprint density at radius 3 is 2.50 bits per heavy atom. The van der Waals surface area contributed by atoms with E-state index in [0.29, 0.717) is 26.3 Å². The predicted octanol–water partition coefficient (Wildman–Crippen LogP) is -1.68. The van der Waals surface area contributed by atoms with Gasteiger partial charge in [0.15, 0.2) is 0 Å². The van der Waals surface area contributed by atoms with Crippen molar-refractivity contribution in [3.05, 3.63) is 11.8 Å². The van der Waals surface area contributed by atoms with E-state index in [1.807, 2.05) is 0 Å². The fourth-order valence-corrected chi connectivity index (χ4v) is 1.10. The third kappa shape index (κ3) is 2.97. The van der Waals surface area contributed by atoms with E-state index in [0.717, 1.165) is 0 Å². The van der Waals surface area contributed by atoms with Crippen LogP contribution in [0.5, 0.6) is 0 Å². The van der Waals surface area contributed by atoms with E-state index < -0.39 is 5.91 Å². The lowest BCUT2D eigenvalue weighted by atomic mass is 10.2. The Morgan fingerprint density at radius 1 is 1.50 bits per heavy atom. The highest BCUT2D eigenvalue weighted by atomic mass is 16.5. The number of nitriles is 1. The lowest BCUT2D eigenvalue weighted by molar-refractivity contribution is -0.119. The summed E-state index contributed by atoms with van der Waals surface area (Å²) in [5, 5.41) is 26.6. The Kier molecular flexibility index (Phi) is 3.43. The maximum absolute atomic E-state index is 8.99. The maximum atomic E-state index is 8.99. The molecule has 0 aromatic carbocycles. The molecule has 1 aliphatic rings. The molecular formula is C8H13N3O3. The van der Waals surface area contributed by atoms with Gasteiger partial charge in [0.05, 0.1) is 13.2 Å². The summed E-state index contributed by atoms with van der Waals surface area (Å²) in [5.41, 5.74) is 4.69. The van der Waals surface area contributed by atoms with Gasteiger partial charge in [0, 0.05) is 19.3 Å². The Balaban J connectivity index is 2.68. The first-order valence-electron chi connectivity index (χ1n) is 4.22. The topological polar surface area (TPSA) is 103 Å². The van der Waals surface area contributed by atoms with E-state index in [-0.39, 0.29) is 5.57 Å². The number of nitrogens with zero attached hydrogens (tertiary/aromatic N) is 2. The SMILES string of the molecule is N#C/C(=C/N1CCOCC1)C(N)(O)O. The minimum atomic E-state index is -2.56. The van der Waals surface area contributed by atoms with E-state index in [1.54, 1.807) is 11.0 Å². The second-order valence-corrected chi connectivity index (χ2v) is 3.03. The molecule has 0 aromatic heterocycles. The summed E-state index contributed by atoms with van der Waals surface area (Å²) in [7, 11) is 0. The molecule has 0 saturated carbocycles. The zero-order valence-electron chi connectivity index (χ0n) is 7.68. The molecule has 0 unspecified atom stereocenters. The third-order valence-corrected chi connectivity index (χ3v) is 1.87. The molecule has 0 amide bonds. The van der Waals surface area contributed by atoms with Crippen LogP contribution in [-0.2, 0) is 4.74 Å². The van der Waals surface area contributed by atoms with Gasteiger partial charge in [0.1, 0.15) is 11.6 Å². The van der Waals surface area contributed by atoms with E-state index in [4.69, 9.17) is 25.9 Å². The van der Waals surface area contributed by atoms with Crippen LogP contribution in [0.3, 0.4) is 0 Å². The largest absolute Gasteiger partial charge is 0.378 e. The fraction of sp³-hybridized carbons (Fsp3) is 0.625. The Morgan fingerprint density at radius 2 is 2.07 bits per heavy atom. The van der Waals surface area contributed by atoms with Gasteiger partial charge in [-0.05, 0) is 0 Å². The summed E-state index contributed by atoms with van der Waals surface area (Å²) in [6.45, 7) is 2.34. The van der Waals surface area contributed by atoms with E-state index in [9.17, 15) is 0 Å². The summed E-state index contributed by atoms with van der Waals surface area (Å²) in [5.74, 6) is -2.56. The van der Waals surface area contributed by atoms with Gasteiger partial charge >= 0.3 is 0 Å². The third-order valence-electron chi connectivity index (χ3n) is 1.87. The first-order chi connectivity index (χ1) is 6.54. The van der Waals surface area contributed by atoms with Gasteiger partial charge in [-0.2, -0.15) is 5.26 Å². The molecule has 78 valence electrons. The Labute approximate surface area is 81.8 Å². The lowest BCUT2D eigenvalue weighted by Crippen LogP contribution is -2.42. The molecule has 1 rings (SSSR count). The van der Waals surface area contributed by atoms with Crippen LogP contribution in [0.1, 0.15) is 0 Å². The van der Waals surface area contributed by atoms with Crippen molar-refractivity contribution in [1.29, 1.82) is 5.26 Å². The second-order valence-electron chi connectivity index (χ2n) is 3.03. The molecule has 0 radical (unpaired) electrons. The molecule has 0 aromatic rings. The molecule has 1 heterocycles. The van der Waals surface area contributed by atoms with Gasteiger partial charge in [-0.1, -0.05) is 0 Å². The minimum absolute atomic E-state index is 0.278. The molecule has 0 aliphatic carbocycles. The van der Waals surface area contributed by atoms with E-state index in [2.05, 4.69) is 0 Å². The van der Waals surface area contributed by atoms with Crippen molar-refractivity contribution in [2.24, 2.45) is 5.73 Å². The van der Waals surface area contributed by atoms with Gasteiger partial charge in [0.25, 0.3) is 5.91 Å². The first-order valence-corrected chi connectivity index (χ1v) is 4.22. The van der Waals surface area contributed by atoms with Crippen molar-refractivity contribution < 1.29 is 14.9 Å². The number of ether oxygens (including phenoxy) is 1.